The molecule has 3 rings (SSSR count). The Morgan fingerprint density at radius 3 is 2.71 bits per heavy atom. The highest BCUT2D eigenvalue weighted by atomic mass is 16.5. The summed E-state index contributed by atoms with van der Waals surface area (Å²) in [5, 5.41) is 3.42. The molecule has 0 bridgehead atoms. The zero-order chi connectivity index (χ0) is 19.8. The SMILES string of the molecule is CCOC(=O)C1CCN(C(=NC)NCc2ccnc(OC3CCCC3)c2)CC1. The normalized spacial score (nSPS) is 18.9. The minimum absolute atomic E-state index is 0.00444. The topological polar surface area (TPSA) is 76.0 Å². The molecule has 7 heteroatoms. The number of nitrogens with zero attached hydrogens (tertiary/aromatic N) is 3. The van der Waals surface area contributed by atoms with Crippen molar-refractivity contribution in [1.29, 1.82) is 0 Å². The average molecular weight is 389 g/mol. The highest BCUT2D eigenvalue weighted by Crippen LogP contribution is 2.23. The van der Waals surface area contributed by atoms with Crippen molar-refractivity contribution >= 4 is 11.9 Å². The molecule has 0 unspecified atom stereocenters. The van der Waals surface area contributed by atoms with E-state index >= 15 is 0 Å². The van der Waals surface area contributed by atoms with Gasteiger partial charge in [-0.1, -0.05) is 0 Å². The molecule has 1 aromatic heterocycles. The van der Waals surface area contributed by atoms with Crippen LogP contribution in [-0.2, 0) is 16.1 Å². The summed E-state index contributed by atoms with van der Waals surface area (Å²) in [6, 6.07) is 4.00. The molecular weight excluding hydrogens is 356 g/mol. The molecule has 0 radical (unpaired) electrons. The van der Waals surface area contributed by atoms with E-state index in [9.17, 15) is 4.79 Å². The predicted molar refractivity (Wildman–Crippen MR) is 108 cm³/mol. The van der Waals surface area contributed by atoms with Crippen LogP contribution in [0.4, 0.5) is 0 Å². The molecule has 1 N–H and O–H groups in total. The third-order valence-electron chi connectivity index (χ3n) is 5.47. The lowest BCUT2D eigenvalue weighted by Crippen LogP contribution is -2.46. The van der Waals surface area contributed by atoms with Gasteiger partial charge >= 0.3 is 5.97 Å². The molecule has 2 heterocycles. The Morgan fingerprint density at radius 1 is 1.29 bits per heavy atom. The summed E-state index contributed by atoms with van der Waals surface area (Å²) in [5.41, 5.74) is 1.12. The standard InChI is InChI=1S/C21H32N4O3/c1-3-27-20(26)17-9-12-25(13-10-17)21(22-2)24-15-16-8-11-23-19(14-16)28-18-6-4-5-7-18/h8,11,14,17-18H,3-7,9-10,12-13,15H2,1-2H3,(H,22,24). The van der Waals surface area contributed by atoms with Crippen molar-refractivity contribution in [2.24, 2.45) is 10.9 Å². The zero-order valence-corrected chi connectivity index (χ0v) is 17.0. The summed E-state index contributed by atoms with van der Waals surface area (Å²) in [6.45, 7) is 4.56. The van der Waals surface area contributed by atoms with E-state index in [0.29, 0.717) is 25.1 Å². The van der Waals surface area contributed by atoms with E-state index in [0.717, 1.165) is 50.3 Å². The van der Waals surface area contributed by atoms with Crippen LogP contribution in [0.2, 0.25) is 0 Å². The van der Waals surface area contributed by atoms with Crippen LogP contribution in [0.5, 0.6) is 5.88 Å². The summed E-state index contributed by atoms with van der Waals surface area (Å²) in [5.74, 6) is 1.50. The van der Waals surface area contributed by atoms with Crippen LogP contribution in [0.25, 0.3) is 0 Å². The molecule has 1 aliphatic carbocycles. The summed E-state index contributed by atoms with van der Waals surface area (Å²) in [7, 11) is 1.79. The maximum atomic E-state index is 11.9. The van der Waals surface area contributed by atoms with Crippen molar-refractivity contribution in [3.63, 3.8) is 0 Å². The van der Waals surface area contributed by atoms with Crippen LogP contribution in [0.15, 0.2) is 23.3 Å². The Labute approximate surface area is 167 Å². The third-order valence-corrected chi connectivity index (χ3v) is 5.47. The van der Waals surface area contributed by atoms with Crippen molar-refractivity contribution in [1.82, 2.24) is 15.2 Å². The summed E-state index contributed by atoms with van der Waals surface area (Å²) in [6.07, 6.45) is 8.45. The van der Waals surface area contributed by atoms with Crippen molar-refractivity contribution in [2.75, 3.05) is 26.7 Å². The van der Waals surface area contributed by atoms with Crippen LogP contribution in [-0.4, -0.2) is 54.7 Å². The number of carbonyl (C=O) groups is 1. The van der Waals surface area contributed by atoms with E-state index < -0.39 is 0 Å². The maximum Gasteiger partial charge on any atom is 0.309 e. The Hall–Kier alpha value is -2.31. The van der Waals surface area contributed by atoms with E-state index in [4.69, 9.17) is 9.47 Å². The summed E-state index contributed by atoms with van der Waals surface area (Å²) >= 11 is 0. The van der Waals surface area contributed by atoms with Gasteiger partial charge in [0.1, 0.15) is 6.10 Å². The molecule has 7 nitrogen and oxygen atoms in total. The number of aliphatic imine (C=N–C) groups is 1. The van der Waals surface area contributed by atoms with E-state index in [1.807, 2.05) is 19.1 Å². The maximum absolute atomic E-state index is 11.9. The highest BCUT2D eigenvalue weighted by Gasteiger charge is 2.27. The molecule has 28 heavy (non-hydrogen) atoms. The van der Waals surface area contributed by atoms with Crippen molar-refractivity contribution in [3.8, 4) is 5.88 Å². The molecule has 1 aromatic rings. The van der Waals surface area contributed by atoms with Crippen LogP contribution < -0.4 is 10.1 Å². The van der Waals surface area contributed by atoms with Gasteiger partial charge in [-0.25, -0.2) is 4.98 Å². The lowest BCUT2D eigenvalue weighted by molar-refractivity contribution is -0.149. The van der Waals surface area contributed by atoms with E-state index in [1.165, 1.54) is 12.8 Å². The average Bonchev–Trinajstić information content (AvgIpc) is 3.22. The molecule has 0 spiro atoms. The molecule has 1 saturated heterocycles. The Kier molecular flexibility index (Phi) is 7.51. The first kappa shape index (κ1) is 20.4. The van der Waals surface area contributed by atoms with Gasteiger partial charge in [-0.15, -0.1) is 0 Å². The molecule has 2 fully saturated rings. The smallest absolute Gasteiger partial charge is 0.309 e. The van der Waals surface area contributed by atoms with Crippen LogP contribution in [0, 0.1) is 5.92 Å². The Morgan fingerprint density at radius 2 is 2.04 bits per heavy atom. The molecule has 1 aliphatic heterocycles. The van der Waals surface area contributed by atoms with Gasteiger partial charge in [-0.05, 0) is 57.1 Å². The van der Waals surface area contributed by atoms with Gasteiger partial charge in [0.2, 0.25) is 5.88 Å². The fraction of sp³-hybridized carbons (Fsp3) is 0.667. The van der Waals surface area contributed by atoms with E-state index in [-0.39, 0.29) is 11.9 Å². The monoisotopic (exact) mass is 388 g/mol. The van der Waals surface area contributed by atoms with Gasteiger partial charge in [-0.2, -0.15) is 0 Å². The number of guanidine groups is 1. The number of piperidine rings is 1. The quantitative estimate of drug-likeness (QED) is 0.459. The second kappa shape index (κ2) is 10.3. The first-order valence-corrected chi connectivity index (χ1v) is 10.4. The van der Waals surface area contributed by atoms with E-state index in [1.54, 1.807) is 13.2 Å². The fourth-order valence-corrected chi connectivity index (χ4v) is 3.90. The first-order valence-electron chi connectivity index (χ1n) is 10.4. The van der Waals surface area contributed by atoms with Gasteiger partial charge in [-0.3, -0.25) is 9.79 Å². The summed E-state index contributed by atoms with van der Waals surface area (Å²) < 4.78 is 11.1. The van der Waals surface area contributed by atoms with Crippen LogP contribution in [0.3, 0.4) is 0 Å². The Balaban J connectivity index is 1.48. The number of hydrogen-bond donors (Lipinski definition) is 1. The van der Waals surface area contributed by atoms with Gasteiger partial charge in [0.05, 0.1) is 12.5 Å². The molecule has 0 atom stereocenters. The number of carbonyl (C=O) groups excluding carboxylic acids is 1. The first-order chi connectivity index (χ1) is 13.7. The number of esters is 1. The number of rotatable bonds is 6. The molecule has 2 aliphatic rings. The highest BCUT2D eigenvalue weighted by molar-refractivity contribution is 5.80. The van der Waals surface area contributed by atoms with E-state index in [2.05, 4.69) is 20.2 Å². The number of pyridine rings is 1. The lowest BCUT2D eigenvalue weighted by Gasteiger charge is -2.33. The largest absolute Gasteiger partial charge is 0.474 e. The fourth-order valence-electron chi connectivity index (χ4n) is 3.90. The lowest BCUT2D eigenvalue weighted by atomic mass is 9.97. The number of likely N-dealkylation sites (tertiary alicyclic amines) is 1. The van der Waals surface area contributed by atoms with Crippen molar-refractivity contribution < 1.29 is 14.3 Å². The minimum atomic E-state index is -0.0725. The molecular formula is C21H32N4O3. The van der Waals surface area contributed by atoms with Gasteiger partial charge in [0.25, 0.3) is 0 Å². The van der Waals surface area contributed by atoms with Crippen LogP contribution >= 0.6 is 0 Å². The predicted octanol–water partition coefficient (Wildman–Crippen LogP) is 2.75. The number of nitrogens with one attached hydrogen (secondary N) is 1. The molecule has 0 amide bonds. The second-order valence-corrected chi connectivity index (χ2v) is 7.44. The second-order valence-electron chi connectivity index (χ2n) is 7.44. The third kappa shape index (κ3) is 5.59. The van der Waals surface area contributed by atoms with Crippen molar-refractivity contribution in [3.05, 3.63) is 23.9 Å². The molecule has 154 valence electrons. The zero-order valence-electron chi connectivity index (χ0n) is 17.0. The number of aromatic nitrogens is 1. The Bertz CT molecular complexity index is 665. The molecule has 0 aromatic carbocycles. The van der Waals surface area contributed by atoms with Crippen molar-refractivity contribution in [2.45, 2.75) is 58.1 Å². The van der Waals surface area contributed by atoms with Gasteiger partial charge in [0, 0.05) is 38.9 Å². The van der Waals surface area contributed by atoms with Gasteiger partial charge < -0.3 is 19.7 Å². The number of hydrogen-bond acceptors (Lipinski definition) is 5. The summed E-state index contributed by atoms with van der Waals surface area (Å²) in [4.78, 5) is 22.9. The van der Waals surface area contributed by atoms with Crippen LogP contribution in [0.1, 0.15) is 51.0 Å². The van der Waals surface area contributed by atoms with Gasteiger partial charge in [0.15, 0.2) is 5.96 Å². The minimum Gasteiger partial charge on any atom is -0.474 e. The number of ether oxygens (including phenoxy) is 2. The molecule has 1 saturated carbocycles.